The lowest BCUT2D eigenvalue weighted by Crippen LogP contribution is -2.28. The van der Waals surface area contributed by atoms with Crippen LogP contribution in [0.2, 0.25) is 0 Å². The number of benzene rings is 1. The molecule has 4 nitrogen and oxygen atoms in total. The molecular weight excluding hydrogens is 348 g/mol. The SMILES string of the molecule is CC(C)(C)c1ccc(C(C[C@H]2CCC(=O)N2)c2ccc(C3CC3)c(=O)[nH]2)cc1. The van der Waals surface area contributed by atoms with Crippen molar-refractivity contribution in [2.24, 2.45) is 0 Å². The Balaban J connectivity index is 1.66. The highest BCUT2D eigenvalue weighted by Gasteiger charge is 2.29. The number of nitrogens with one attached hydrogen (secondary N) is 2. The van der Waals surface area contributed by atoms with E-state index < -0.39 is 0 Å². The first-order valence-electron chi connectivity index (χ1n) is 10.4. The minimum atomic E-state index is 0.0479. The van der Waals surface area contributed by atoms with Crippen molar-refractivity contribution in [3.63, 3.8) is 0 Å². The number of hydrogen-bond acceptors (Lipinski definition) is 2. The number of rotatable bonds is 5. The zero-order chi connectivity index (χ0) is 19.9. The van der Waals surface area contributed by atoms with Gasteiger partial charge in [-0.15, -0.1) is 0 Å². The average molecular weight is 379 g/mol. The number of pyridine rings is 1. The van der Waals surface area contributed by atoms with E-state index in [0.717, 1.165) is 36.9 Å². The molecular formula is C24H30N2O2. The van der Waals surface area contributed by atoms with Crippen molar-refractivity contribution in [3.05, 3.63) is 69.1 Å². The first kappa shape index (κ1) is 19.0. The summed E-state index contributed by atoms with van der Waals surface area (Å²) in [6, 6.07) is 13.0. The third kappa shape index (κ3) is 4.06. The zero-order valence-corrected chi connectivity index (χ0v) is 17.0. The standard InChI is InChI=1S/C24H30N2O2/c1-24(2,3)17-8-6-16(7-9-17)20(14-18-10-13-22(27)25-18)21-12-11-19(15-4-5-15)23(28)26-21/h6-9,11-12,15,18,20H,4-5,10,13-14H2,1-3H3,(H,25,27)(H,26,28)/t18-,20?/m1/s1. The maximum atomic E-state index is 12.6. The van der Waals surface area contributed by atoms with Crippen LogP contribution in [0.3, 0.4) is 0 Å². The Hall–Kier alpha value is -2.36. The summed E-state index contributed by atoms with van der Waals surface area (Å²) in [7, 11) is 0. The van der Waals surface area contributed by atoms with Gasteiger partial charge in [0.25, 0.3) is 5.56 Å². The van der Waals surface area contributed by atoms with E-state index in [4.69, 9.17) is 0 Å². The summed E-state index contributed by atoms with van der Waals surface area (Å²) < 4.78 is 0. The number of hydrogen-bond donors (Lipinski definition) is 2. The lowest BCUT2D eigenvalue weighted by Gasteiger charge is -2.24. The lowest BCUT2D eigenvalue weighted by atomic mass is 9.83. The molecule has 1 saturated carbocycles. The molecule has 1 amide bonds. The van der Waals surface area contributed by atoms with Crippen LogP contribution in [0.1, 0.15) is 87.1 Å². The summed E-state index contributed by atoms with van der Waals surface area (Å²) in [5.41, 5.74) is 4.49. The van der Waals surface area contributed by atoms with E-state index >= 15 is 0 Å². The van der Waals surface area contributed by atoms with Gasteiger partial charge in [0.05, 0.1) is 0 Å². The highest BCUT2D eigenvalue weighted by atomic mass is 16.2. The van der Waals surface area contributed by atoms with Crippen LogP contribution in [0.25, 0.3) is 0 Å². The van der Waals surface area contributed by atoms with Gasteiger partial charge in [0.15, 0.2) is 0 Å². The van der Waals surface area contributed by atoms with E-state index in [-0.39, 0.29) is 28.8 Å². The molecule has 1 aromatic heterocycles. The summed E-state index contributed by atoms with van der Waals surface area (Å²) in [5, 5.41) is 3.08. The van der Waals surface area contributed by atoms with Crippen molar-refractivity contribution < 1.29 is 4.79 Å². The van der Waals surface area contributed by atoms with Crippen LogP contribution >= 0.6 is 0 Å². The molecule has 1 saturated heterocycles. The third-order valence-corrected chi connectivity index (χ3v) is 6.14. The van der Waals surface area contributed by atoms with Crippen LogP contribution in [-0.2, 0) is 10.2 Å². The number of aromatic amines is 1. The van der Waals surface area contributed by atoms with E-state index in [1.54, 1.807) is 0 Å². The first-order valence-corrected chi connectivity index (χ1v) is 10.4. The Bertz CT molecular complexity index is 917. The van der Waals surface area contributed by atoms with E-state index in [2.05, 4.69) is 61.4 Å². The van der Waals surface area contributed by atoms with Gasteiger partial charge in [-0.1, -0.05) is 51.1 Å². The molecule has 28 heavy (non-hydrogen) atoms. The Labute approximate surface area is 166 Å². The third-order valence-electron chi connectivity index (χ3n) is 6.14. The van der Waals surface area contributed by atoms with Gasteiger partial charge in [-0.25, -0.2) is 0 Å². The van der Waals surface area contributed by atoms with Crippen molar-refractivity contribution in [3.8, 4) is 0 Å². The normalized spacial score (nSPS) is 20.8. The van der Waals surface area contributed by atoms with E-state index in [1.807, 2.05) is 6.07 Å². The van der Waals surface area contributed by atoms with Crippen LogP contribution in [-0.4, -0.2) is 16.9 Å². The molecule has 2 aromatic rings. The monoisotopic (exact) mass is 378 g/mol. The van der Waals surface area contributed by atoms with Crippen molar-refractivity contribution in [2.75, 3.05) is 0 Å². The van der Waals surface area contributed by atoms with Crippen LogP contribution in [0, 0.1) is 0 Å². The zero-order valence-electron chi connectivity index (χ0n) is 17.0. The molecule has 0 spiro atoms. The number of H-pyrrole nitrogens is 1. The molecule has 0 bridgehead atoms. The smallest absolute Gasteiger partial charge is 0.251 e. The van der Waals surface area contributed by atoms with Gasteiger partial charge in [0, 0.05) is 29.6 Å². The lowest BCUT2D eigenvalue weighted by molar-refractivity contribution is -0.119. The Kier molecular flexibility index (Phi) is 4.90. The summed E-state index contributed by atoms with van der Waals surface area (Å²) in [4.78, 5) is 27.4. The molecule has 1 aliphatic heterocycles. The van der Waals surface area contributed by atoms with Gasteiger partial charge in [-0.05, 0) is 54.2 Å². The average Bonchev–Trinajstić information content (AvgIpc) is 3.40. The van der Waals surface area contributed by atoms with Crippen molar-refractivity contribution in [1.29, 1.82) is 0 Å². The quantitative estimate of drug-likeness (QED) is 0.812. The number of carbonyl (C=O) groups excluding carboxylic acids is 1. The van der Waals surface area contributed by atoms with Crippen molar-refractivity contribution >= 4 is 5.91 Å². The van der Waals surface area contributed by atoms with Gasteiger partial charge in [0.2, 0.25) is 5.91 Å². The first-order chi connectivity index (χ1) is 13.3. The van der Waals surface area contributed by atoms with Crippen LogP contribution in [0.15, 0.2) is 41.2 Å². The number of aromatic nitrogens is 1. The Morgan fingerprint density at radius 3 is 2.25 bits per heavy atom. The van der Waals surface area contributed by atoms with Crippen LogP contribution < -0.4 is 10.9 Å². The van der Waals surface area contributed by atoms with Gasteiger partial charge in [0.1, 0.15) is 0 Å². The molecule has 2 atom stereocenters. The molecule has 1 unspecified atom stereocenters. The molecule has 0 radical (unpaired) electrons. The summed E-state index contributed by atoms with van der Waals surface area (Å²) in [6.45, 7) is 6.63. The van der Waals surface area contributed by atoms with E-state index in [1.165, 1.54) is 11.1 Å². The second-order valence-corrected chi connectivity index (χ2v) is 9.44. The van der Waals surface area contributed by atoms with E-state index in [9.17, 15) is 9.59 Å². The predicted octanol–water partition coefficient (Wildman–Crippen LogP) is 4.35. The highest BCUT2D eigenvalue weighted by molar-refractivity contribution is 5.78. The Morgan fingerprint density at radius 2 is 1.71 bits per heavy atom. The highest BCUT2D eigenvalue weighted by Crippen LogP contribution is 2.39. The number of carbonyl (C=O) groups is 1. The van der Waals surface area contributed by atoms with Crippen molar-refractivity contribution in [1.82, 2.24) is 10.3 Å². The summed E-state index contributed by atoms with van der Waals surface area (Å²) in [6.07, 6.45) is 4.50. The van der Waals surface area contributed by atoms with Gasteiger partial charge in [-0.2, -0.15) is 0 Å². The molecule has 148 valence electrons. The fraction of sp³-hybridized carbons (Fsp3) is 0.500. The van der Waals surface area contributed by atoms with E-state index in [0.29, 0.717) is 12.3 Å². The van der Waals surface area contributed by atoms with Gasteiger partial charge >= 0.3 is 0 Å². The van der Waals surface area contributed by atoms with Gasteiger partial charge < -0.3 is 10.3 Å². The Morgan fingerprint density at radius 1 is 1.00 bits per heavy atom. The van der Waals surface area contributed by atoms with Gasteiger partial charge in [-0.3, -0.25) is 9.59 Å². The molecule has 4 rings (SSSR count). The second kappa shape index (κ2) is 7.23. The molecule has 4 heteroatoms. The summed E-state index contributed by atoms with van der Waals surface area (Å²) >= 11 is 0. The topological polar surface area (TPSA) is 62.0 Å². The fourth-order valence-corrected chi connectivity index (χ4v) is 4.22. The maximum Gasteiger partial charge on any atom is 0.251 e. The predicted molar refractivity (Wildman–Crippen MR) is 112 cm³/mol. The largest absolute Gasteiger partial charge is 0.353 e. The molecule has 2 aliphatic rings. The second-order valence-electron chi connectivity index (χ2n) is 9.44. The molecule has 1 aliphatic carbocycles. The summed E-state index contributed by atoms with van der Waals surface area (Å²) in [5.74, 6) is 0.638. The van der Waals surface area contributed by atoms with Crippen LogP contribution in [0.5, 0.6) is 0 Å². The molecule has 1 aromatic carbocycles. The maximum absolute atomic E-state index is 12.6. The molecule has 2 heterocycles. The number of amides is 1. The molecule has 2 N–H and O–H groups in total. The minimum Gasteiger partial charge on any atom is -0.353 e. The molecule has 2 fully saturated rings. The van der Waals surface area contributed by atoms with Crippen molar-refractivity contribution in [2.45, 2.75) is 76.2 Å². The van der Waals surface area contributed by atoms with Crippen LogP contribution in [0.4, 0.5) is 0 Å². The fourth-order valence-electron chi connectivity index (χ4n) is 4.22. The minimum absolute atomic E-state index is 0.0479.